The number of anilines is 1. The maximum absolute atomic E-state index is 12.9. The number of carbonyl (C=O) groups is 1. The van der Waals surface area contributed by atoms with Crippen LogP contribution in [0.4, 0.5) is 5.95 Å². The standard InChI is InChI=1S/C25H23ClN4O/c26-21-11-5-4-10-20(21)24(31)28-14-16-29(17-15-28)25-27-22-12-6-7-13-23(22)30(25)18-19-8-2-1-3-9-19/h1-13H,14-18H2. The van der Waals surface area contributed by atoms with Gasteiger partial charge in [-0.15, -0.1) is 0 Å². The van der Waals surface area contributed by atoms with Crippen LogP contribution in [0.1, 0.15) is 15.9 Å². The predicted molar refractivity (Wildman–Crippen MR) is 125 cm³/mol. The number of carbonyl (C=O) groups excluding carboxylic acids is 1. The van der Waals surface area contributed by atoms with Crippen LogP contribution in [0.5, 0.6) is 0 Å². The van der Waals surface area contributed by atoms with Crippen molar-refractivity contribution < 1.29 is 4.79 Å². The first kappa shape index (κ1) is 19.6. The number of hydrogen-bond acceptors (Lipinski definition) is 3. The molecule has 0 spiro atoms. The van der Waals surface area contributed by atoms with E-state index < -0.39 is 0 Å². The van der Waals surface area contributed by atoms with Crippen LogP contribution in [-0.4, -0.2) is 46.5 Å². The zero-order valence-corrected chi connectivity index (χ0v) is 17.9. The lowest BCUT2D eigenvalue weighted by Crippen LogP contribution is -2.49. The summed E-state index contributed by atoms with van der Waals surface area (Å²) in [6.07, 6.45) is 0. The summed E-state index contributed by atoms with van der Waals surface area (Å²) in [6.45, 7) is 3.50. The summed E-state index contributed by atoms with van der Waals surface area (Å²) >= 11 is 6.23. The van der Waals surface area contributed by atoms with Gasteiger partial charge >= 0.3 is 0 Å². The van der Waals surface area contributed by atoms with Crippen LogP contribution < -0.4 is 4.90 Å². The van der Waals surface area contributed by atoms with Gasteiger partial charge in [-0.05, 0) is 29.8 Å². The van der Waals surface area contributed by atoms with Crippen molar-refractivity contribution in [2.75, 3.05) is 31.1 Å². The van der Waals surface area contributed by atoms with Crippen LogP contribution in [0.25, 0.3) is 11.0 Å². The summed E-state index contributed by atoms with van der Waals surface area (Å²) in [5, 5.41) is 0.500. The predicted octanol–water partition coefficient (Wildman–Crippen LogP) is 4.70. The first-order valence-electron chi connectivity index (χ1n) is 10.5. The van der Waals surface area contributed by atoms with Gasteiger partial charge in [0, 0.05) is 26.2 Å². The molecule has 0 unspecified atom stereocenters. The molecule has 4 aromatic rings. The molecular formula is C25H23ClN4O. The van der Waals surface area contributed by atoms with E-state index in [1.807, 2.05) is 29.2 Å². The highest BCUT2D eigenvalue weighted by Crippen LogP contribution is 2.26. The second-order valence-electron chi connectivity index (χ2n) is 7.73. The molecule has 5 nitrogen and oxygen atoms in total. The second kappa shape index (κ2) is 8.44. The third-order valence-electron chi connectivity index (χ3n) is 5.77. The Balaban J connectivity index is 1.39. The van der Waals surface area contributed by atoms with E-state index in [-0.39, 0.29) is 5.91 Å². The highest BCUT2D eigenvalue weighted by molar-refractivity contribution is 6.33. The Morgan fingerprint density at radius 2 is 1.52 bits per heavy atom. The highest BCUT2D eigenvalue weighted by atomic mass is 35.5. The summed E-state index contributed by atoms with van der Waals surface area (Å²) in [5.41, 5.74) is 3.91. The largest absolute Gasteiger partial charge is 0.339 e. The SMILES string of the molecule is O=C(c1ccccc1Cl)N1CCN(c2nc3ccccc3n2Cc2ccccc2)CC1. The molecule has 1 saturated heterocycles. The summed E-state index contributed by atoms with van der Waals surface area (Å²) in [6, 6.07) is 25.9. The number of nitrogens with zero attached hydrogens (tertiary/aromatic N) is 4. The third kappa shape index (κ3) is 3.89. The number of imidazole rings is 1. The van der Waals surface area contributed by atoms with Crippen molar-refractivity contribution in [2.45, 2.75) is 6.54 Å². The Bertz CT molecular complexity index is 1210. The van der Waals surface area contributed by atoms with Gasteiger partial charge in [0.05, 0.1) is 28.2 Å². The lowest BCUT2D eigenvalue weighted by molar-refractivity contribution is 0.0746. The molecule has 5 rings (SSSR count). The molecule has 6 heteroatoms. The van der Waals surface area contributed by atoms with Gasteiger partial charge in [0.25, 0.3) is 5.91 Å². The van der Waals surface area contributed by atoms with Gasteiger partial charge in [0.15, 0.2) is 0 Å². The number of aromatic nitrogens is 2. The number of halogens is 1. The molecule has 0 radical (unpaired) electrons. The molecule has 1 aromatic heterocycles. The Kier molecular flexibility index (Phi) is 5.35. The van der Waals surface area contributed by atoms with Gasteiger partial charge < -0.3 is 14.4 Å². The number of piperazine rings is 1. The molecule has 2 heterocycles. The summed E-state index contributed by atoms with van der Waals surface area (Å²) in [7, 11) is 0. The highest BCUT2D eigenvalue weighted by Gasteiger charge is 2.26. The van der Waals surface area contributed by atoms with Crippen LogP contribution in [0.2, 0.25) is 5.02 Å². The number of amides is 1. The second-order valence-corrected chi connectivity index (χ2v) is 8.14. The minimum atomic E-state index is -0.0111. The zero-order valence-electron chi connectivity index (χ0n) is 17.1. The van der Waals surface area contributed by atoms with E-state index in [9.17, 15) is 4.79 Å². The molecule has 0 saturated carbocycles. The number of para-hydroxylation sites is 2. The zero-order chi connectivity index (χ0) is 21.2. The number of fused-ring (bicyclic) bond motifs is 1. The fourth-order valence-electron chi connectivity index (χ4n) is 4.14. The van der Waals surface area contributed by atoms with Crippen molar-refractivity contribution in [3.63, 3.8) is 0 Å². The maximum atomic E-state index is 12.9. The van der Waals surface area contributed by atoms with Crippen LogP contribution in [-0.2, 0) is 6.54 Å². The number of rotatable bonds is 4. The van der Waals surface area contributed by atoms with Crippen LogP contribution in [0, 0.1) is 0 Å². The van der Waals surface area contributed by atoms with Crippen LogP contribution >= 0.6 is 11.6 Å². The molecule has 0 atom stereocenters. The smallest absolute Gasteiger partial charge is 0.255 e. The van der Waals surface area contributed by atoms with Gasteiger partial charge in [-0.2, -0.15) is 0 Å². The molecule has 156 valence electrons. The molecule has 1 amide bonds. The first-order chi connectivity index (χ1) is 15.2. The molecule has 1 aliphatic heterocycles. The van der Waals surface area contributed by atoms with Crippen molar-refractivity contribution in [1.29, 1.82) is 0 Å². The average Bonchev–Trinajstić information content (AvgIpc) is 3.18. The molecular weight excluding hydrogens is 408 g/mol. The first-order valence-corrected chi connectivity index (χ1v) is 10.9. The van der Waals surface area contributed by atoms with Gasteiger partial charge in [0.2, 0.25) is 5.95 Å². The lowest BCUT2D eigenvalue weighted by Gasteiger charge is -2.35. The summed E-state index contributed by atoms with van der Waals surface area (Å²) in [4.78, 5) is 22.0. The minimum absolute atomic E-state index is 0.0111. The molecule has 1 aliphatic rings. The van der Waals surface area contributed by atoms with E-state index in [2.05, 4.69) is 51.9 Å². The van der Waals surface area contributed by atoms with Crippen molar-refractivity contribution in [2.24, 2.45) is 0 Å². The van der Waals surface area contributed by atoms with E-state index in [4.69, 9.17) is 16.6 Å². The Morgan fingerprint density at radius 1 is 0.839 bits per heavy atom. The summed E-state index contributed by atoms with van der Waals surface area (Å²) < 4.78 is 2.27. The molecule has 0 aliphatic carbocycles. The van der Waals surface area contributed by atoms with Gasteiger partial charge in [-0.1, -0.05) is 66.2 Å². The fraction of sp³-hybridized carbons (Fsp3) is 0.200. The third-order valence-corrected chi connectivity index (χ3v) is 6.10. The van der Waals surface area contributed by atoms with Crippen molar-refractivity contribution in [1.82, 2.24) is 14.5 Å². The van der Waals surface area contributed by atoms with Crippen LogP contribution in [0.15, 0.2) is 78.9 Å². The normalized spacial score (nSPS) is 14.2. The van der Waals surface area contributed by atoms with Gasteiger partial charge in [-0.25, -0.2) is 4.98 Å². The quantitative estimate of drug-likeness (QED) is 0.471. The van der Waals surface area contributed by atoms with Crippen molar-refractivity contribution in [3.05, 3.63) is 95.0 Å². The molecule has 3 aromatic carbocycles. The van der Waals surface area contributed by atoms with E-state index in [1.54, 1.807) is 12.1 Å². The fourth-order valence-corrected chi connectivity index (χ4v) is 4.36. The van der Waals surface area contributed by atoms with E-state index >= 15 is 0 Å². The van der Waals surface area contributed by atoms with Gasteiger partial charge in [-0.3, -0.25) is 4.79 Å². The van der Waals surface area contributed by atoms with Gasteiger partial charge in [0.1, 0.15) is 0 Å². The molecule has 1 fully saturated rings. The molecule has 31 heavy (non-hydrogen) atoms. The number of benzene rings is 3. The Morgan fingerprint density at radius 3 is 2.29 bits per heavy atom. The number of hydrogen-bond donors (Lipinski definition) is 0. The summed E-state index contributed by atoms with van der Waals surface area (Å²) in [5.74, 6) is 0.943. The topological polar surface area (TPSA) is 41.4 Å². The van der Waals surface area contributed by atoms with E-state index in [0.717, 1.165) is 36.6 Å². The van der Waals surface area contributed by atoms with Crippen molar-refractivity contribution >= 4 is 34.5 Å². The maximum Gasteiger partial charge on any atom is 0.255 e. The van der Waals surface area contributed by atoms with E-state index in [0.29, 0.717) is 23.7 Å². The van der Waals surface area contributed by atoms with Crippen LogP contribution in [0.3, 0.4) is 0 Å². The van der Waals surface area contributed by atoms with E-state index in [1.165, 1.54) is 5.56 Å². The molecule has 0 bridgehead atoms. The average molecular weight is 431 g/mol. The Labute approximate surface area is 186 Å². The minimum Gasteiger partial charge on any atom is -0.339 e. The monoisotopic (exact) mass is 430 g/mol. The Hall–Kier alpha value is -3.31. The lowest BCUT2D eigenvalue weighted by atomic mass is 10.2. The molecule has 0 N–H and O–H groups in total. The van der Waals surface area contributed by atoms with Crippen molar-refractivity contribution in [3.8, 4) is 0 Å².